The van der Waals surface area contributed by atoms with Crippen LogP contribution in [0.4, 0.5) is 5.69 Å². The quantitative estimate of drug-likeness (QED) is 0.547. The predicted octanol–water partition coefficient (Wildman–Crippen LogP) is 5.25. The highest BCUT2D eigenvalue weighted by Crippen LogP contribution is 2.16. The van der Waals surface area contributed by atoms with Crippen molar-refractivity contribution in [2.24, 2.45) is 0 Å². The summed E-state index contributed by atoms with van der Waals surface area (Å²) in [6, 6.07) is 6.67. The summed E-state index contributed by atoms with van der Waals surface area (Å²) in [5.74, 6) is 0.208. The topological polar surface area (TPSA) is 49.3 Å². The third kappa shape index (κ3) is 9.11. The Morgan fingerprint density at radius 1 is 1.00 bits per heavy atom. The van der Waals surface area contributed by atoms with Gasteiger partial charge in [0.15, 0.2) is 0 Å². The first-order chi connectivity index (χ1) is 10.2. The number of nitrogens with one attached hydrogen (secondary N) is 1. The molecule has 1 amide bonds. The molecule has 0 aliphatic carbocycles. The molecule has 0 fully saturated rings. The highest BCUT2D eigenvalue weighted by atomic mass is 16.3. The molecule has 0 spiro atoms. The van der Waals surface area contributed by atoms with Crippen LogP contribution in [0.15, 0.2) is 24.3 Å². The van der Waals surface area contributed by atoms with Gasteiger partial charge in [-0.1, -0.05) is 64.4 Å². The minimum absolute atomic E-state index is 0.0311. The van der Waals surface area contributed by atoms with E-state index in [4.69, 9.17) is 0 Å². The third-order valence-corrected chi connectivity index (χ3v) is 3.64. The number of benzene rings is 1. The number of unbranched alkanes of at least 4 members (excludes halogenated alkanes) is 8. The van der Waals surface area contributed by atoms with Gasteiger partial charge in [0.2, 0.25) is 5.91 Å². The van der Waals surface area contributed by atoms with Crippen LogP contribution in [-0.2, 0) is 4.79 Å². The van der Waals surface area contributed by atoms with E-state index in [1.165, 1.54) is 44.9 Å². The van der Waals surface area contributed by atoms with Crippen molar-refractivity contribution in [3.63, 3.8) is 0 Å². The van der Waals surface area contributed by atoms with E-state index in [0.717, 1.165) is 12.8 Å². The Balaban J connectivity index is 1.99. The van der Waals surface area contributed by atoms with Gasteiger partial charge in [0.05, 0.1) is 0 Å². The molecular weight excluding hydrogens is 262 g/mol. The van der Waals surface area contributed by atoms with E-state index in [1.54, 1.807) is 24.3 Å². The van der Waals surface area contributed by atoms with Gasteiger partial charge < -0.3 is 10.4 Å². The summed E-state index contributed by atoms with van der Waals surface area (Å²) >= 11 is 0. The van der Waals surface area contributed by atoms with Crippen molar-refractivity contribution in [1.29, 1.82) is 0 Å². The van der Waals surface area contributed by atoms with Crippen molar-refractivity contribution in [3.8, 4) is 5.75 Å². The summed E-state index contributed by atoms with van der Waals surface area (Å²) in [6.07, 6.45) is 11.9. The molecule has 0 saturated carbocycles. The van der Waals surface area contributed by atoms with Crippen molar-refractivity contribution < 1.29 is 9.90 Å². The van der Waals surface area contributed by atoms with E-state index in [2.05, 4.69) is 12.2 Å². The lowest BCUT2D eigenvalue weighted by Gasteiger charge is -2.05. The number of aromatic hydroxyl groups is 1. The Hall–Kier alpha value is -1.51. The second-order valence-corrected chi connectivity index (χ2v) is 5.68. The first-order valence-corrected chi connectivity index (χ1v) is 8.31. The zero-order valence-electron chi connectivity index (χ0n) is 13.2. The fourth-order valence-corrected chi connectivity index (χ4v) is 2.40. The molecule has 0 aromatic heterocycles. The third-order valence-electron chi connectivity index (χ3n) is 3.64. The van der Waals surface area contributed by atoms with Crippen molar-refractivity contribution in [3.05, 3.63) is 24.3 Å². The molecule has 0 aliphatic heterocycles. The number of carbonyl (C=O) groups excluding carboxylic acids is 1. The van der Waals surface area contributed by atoms with Crippen LogP contribution >= 0.6 is 0 Å². The standard InChI is InChI=1S/C18H29NO2/c1-2-3-4-5-6-7-8-9-10-14-18(21)19-16-12-11-13-17(20)15-16/h11-13,15,20H,2-10,14H2,1H3,(H,19,21). The molecule has 3 nitrogen and oxygen atoms in total. The second kappa shape index (κ2) is 11.2. The van der Waals surface area contributed by atoms with E-state index < -0.39 is 0 Å². The zero-order chi connectivity index (χ0) is 15.3. The summed E-state index contributed by atoms with van der Waals surface area (Å²) in [5, 5.41) is 12.1. The first kappa shape index (κ1) is 17.5. The van der Waals surface area contributed by atoms with E-state index >= 15 is 0 Å². The number of phenols is 1. The number of rotatable bonds is 11. The van der Waals surface area contributed by atoms with Crippen LogP contribution in [0.1, 0.15) is 71.1 Å². The van der Waals surface area contributed by atoms with Gasteiger partial charge in [-0.2, -0.15) is 0 Å². The summed E-state index contributed by atoms with van der Waals surface area (Å²) < 4.78 is 0. The molecule has 21 heavy (non-hydrogen) atoms. The largest absolute Gasteiger partial charge is 0.508 e. The number of carbonyl (C=O) groups is 1. The average Bonchev–Trinajstić information content (AvgIpc) is 2.45. The highest BCUT2D eigenvalue weighted by molar-refractivity contribution is 5.90. The van der Waals surface area contributed by atoms with Gasteiger partial charge in [0.25, 0.3) is 0 Å². The van der Waals surface area contributed by atoms with Crippen molar-refractivity contribution in [2.45, 2.75) is 71.1 Å². The van der Waals surface area contributed by atoms with Gasteiger partial charge in [-0.3, -0.25) is 4.79 Å². The lowest BCUT2D eigenvalue weighted by Crippen LogP contribution is -2.10. The Labute approximate surface area is 128 Å². The van der Waals surface area contributed by atoms with Gasteiger partial charge in [0, 0.05) is 18.2 Å². The molecule has 3 heteroatoms. The fourth-order valence-electron chi connectivity index (χ4n) is 2.40. The van der Waals surface area contributed by atoms with E-state index in [-0.39, 0.29) is 11.7 Å². The molecule has 118 valence electrons. The molecule has 0 bridgehead atoms. The van der Waals surface area contributed by atoms with Crippen LogP contribution in [0.3, 0.4) is 0 Å². The minimum atomic E-state index is 0.0311. The maximum absolute atomic E-state index is 11.7. The molecule has 2 N–H and O–H groups in total. The molecular formula is C18H29NO2. The predicted molar refractivity (Wildman–Crippen MR) is 88.6 cm³/mol. The Bertz CT molecular complexity index is 404. The maximum atomic E-state index is 11.7. The number of hydrogen-bond acceptors (Lipinski definition) is 2. The summed E-state index contributed by atoms with van der Waals surface area (Å²) in [4.78, 5) is 11.7. The van der Waals surface area contributed by atoms with Gasteiger partial charge in [-0.25, -0.2) is 0 Å². The first-order valence-electron chi connectivity index (χ1n) is 8.31. The van der Waals surface area contributed by atoms with Crippen LogP contribution in [-0.4, -0.2) is 11.0 Å². The molecule has 0 heterocycles. The molecule has 0 atom stereocenters. The number of phenolic OH excluding ortho intramolecular Hbond substituents is 1. The molecule has 1 rings (SSSR count). The zero-order valence-corrected chi connectivity index (χ0v) is 13.2. The normalized spacial score (nSPS) is 10.5. The summed E-state index contributed by atoms with van der Waals surface area (Å²) in [5.41, 5.74) is 0.663. The Morgan fingerprint density at radius 3 is 2.24 bits per heavy atom. The molecule has 0 radical (unpaired) electrons. The maximum Gasteiger partial charge on any atom is 0.224 e. The summed E-state index contributed by atoms with van der Waals surface area (Å²) in [6.45, 7) is 2.24. The van der Waals surface area contributed by atoms with Gasteiger partial charge in [0.1, 0.15) is 5.75 Å². The van der Waals surface area contributed by atoms with Gasteiger partial charge >= 0.3 is 0 Å². The number of amides is 1. The minimum Gasteiger partial charge on any atom is -0.508 e. The van der Waals surface area contributed by atoms with E-state index in [0.29, 0.717) is 12.1 Å². The van der Waals surface area contributed by atoms with Crippen molar-refractivity contribution >= 4 is 11.6 Å². The average molecular weight is 291 g/mol. The van der Waals surface area contributed by atoms with Crippen LogP contribution in [0.25, 0.3) is 0 Å². The van der Waals surface area contributed by atoms with Crippen LogP contribution in [0.5, 0.6) is 5.75 Å². The molecule has 1 aromatic carbocycles. The van der Waals surface area contributed by atoms with Crippen LogP contribution in [0.2, 0.25) is 0 Å². The highest BCUT2D eigenvalue weighted by Gasteiger charge is 2.02. The van der Waals surface area contributed by atoms with Gasteiger partial charge in [-0.05, 0) is 18.6 Å². The number of hydrogen-bond donors (Lipinski definition) is 2. The van der Waals surface area contributed by atoms with Crippen molar-refractivity contribution in [1.82, 2.24) is 0 Å². The smallest absolute Gasteiger partial charge is 0.224 e. The summed E-state index contributed by atoms with van der Waals surface area (Å²) in [7, 11) is 0. The number of anilines is 1. The lowest BCUT2D eigenvalue weighted by atomic mass is 10.1. The van der Waals surface area contributed by atoms with Gasteiger partial charge in [-0.15, -0.1) is 0 Å². The van der Waals surface area contributed by atoms with Crippen molar-refractivity contribution in [2.75, 3.05) is 5.32 Å². The monoisotopic (exact) mass is 291 g/mol. The molecule has 0 saturated heterocycles. The second-order valence-electron chi connectivity index (χ2n) is 5.68. The fraction of sp³-hybridized carbons (Fsp3) is 0.611. The van der Waals surface area contributed by atoms with E-state index in [9.17, 15) is 9.90 Å². The SMILES string of the molecule is CCCCCCCCCCCC(=O)Nc1cccc(O)c1. The lowest BCUT2D eigenvalue weighted by molar-refractivity contribution is -0.116. The van der Waals surface area contributed by atoms with Crippen LogP contribution < -0.4 is 5.32 Å². The Morgan fingerprint density at radius 2 is 1.62 bits per heavy atom. The molecule has 0 aliphatic rings. The molecule has 1 aromatic rings. The molecule has 0 unspecified atom stereocenters. The Kier molecular flexibility index (Phi) is 9.34. The van der Waals surface area contributed by atoms with Crippen LogP contribution in [0, 0.1) is 0 Å². The van der Waals surface area contributed by atoms with E-state index in [1.807, 2.05) is 0 Å².